The molecule has 0 radical (unpaired) electrons. The number of hydrogen-bond acceptors (Lipinski definition) is 3. The molecule has 0 amide bonds. The summed E-state index contributed by atoms with van der Waals surface area (Å²) < 4.78 is 0. The smallest absolute Gasteiger partial charge is 0.0386 e. The Balaban J connectivity index is 1.65. The van der Waals surface area contributed by atoms with Crippen LogP contribution in [0, 0.1) is 5.41 Å². The zero-order valence-electron chi connectivity index (χ0n) is 12.6. The van der Waals surface area contributed by atoms with Crippen LogP contribution in [0.3, 0.4) is 0 Å². The Hall–Kier alpha value is -0.380. The van der Waals surface area contributed by atoms with Gasteiger partial charge >= 0.3 is 0 Å². The normalized spacial score (nSPS) is 21.4. The standard InChI is InChI=1S/C16H28N2S/c1-4-16(3)7-10-18(11-8-16)12-9-17-14(2)15-6-5-13-19-15/h5-6,13-14,17H,4,7-12H2,1-3H3. The molecule has 2 nitrogen and oxygen atoms in total. The van der Waals surface area contributed by atoms with Gasteiger partial charge in [0.1, 0.15) is 0 Å². The lowest BCUT2D eigenvalue weighted by Crippen LogP contribution is -2.41. The van der Waals surface area contributed by atoms with E-state index in [2.05, 4.69) is 48.5 Å². The fourth-order valence-electron chi connectivity index (χ4n) is 2.75. The molecule has 1 unspecified atom stereocenters. The van der Waals surface area contributed by atoms with Crippen LogP contribution < -0.4 is 5.32 Å². The highest BCUT2D eigenvalue weighted by molar-refractivity contribution is 7.10. The van der Waals surface area contributed by atoms with Crippen LogP contribution in [-0.4, -0.2) is 31.1 Å². The summed E-state index contributed by atoms with van der Waals surface area (Å²) in [5.41, 5.74) is 0.605. The molecule has 1 N–H and O–H groups in total. The average Bonchev–Trinajstić information content (AvgIpc) is 2.95. The molecule has 1 aliphatic heterocycles. The van der Waals surface area contributed by atoms with Crippen molar-refractivity contribution in [2.45, 2.75) is 46.1 Å². The third-order valence-corrected chi connectivity index (χ3v) is 5.82. The Morgan fingerprint density at radius 3 is 2.74 bits per heavy atom. The van der Waals surface area contributed by atoms with Crippen molar-refractivity contribution in [2.24, 2.45) is 5.41 Å². The van der Waals surface area contributed by atoms with Gasteiger partial charge in [-0.15, -0.1) is 11.3 Å². The van der Waals surface area contributed by atoms with E-state index in [1.165, 1.54) is 43.8 Å². The lowest BCUT2D eigenvalue weighted by molar-refractivity contribution is 0.115. The fraction of sp³-hybridized carbons (Fsp3) is 0.750. The summed E-state index contributed by atoms with van der Waals surface area (Å²) in [5, 5.41) is 5.79. The highest BCUT2D eigenvalue weighted by atomic mass is 32.1. The topological polar surface area (TPSA) is 15.3 Å². The fourth-order valence-corrected chi connectivity index (χ4v) is 3.51. The Bertz CT molecular complexity index is 353. The van der Waals surface area contributed by atoms with E-state index in [1.807, 2.05) is 11.3 Å². The van der Waals surface area contributed by atoms with Crippen molar-refractivity contribution < 1.29 is 0 Å². The van der Waals surface area contributed by atoms with Crippen molar-refractivity contribution in [3.05, 3.63) is 22.4 Å². The Kier molecular flexibility index (Phi) is 5.43. The number of piperidine rings is 1. The van der Waals surface area contributed by atoms with Gasteiger partial charge in [-0.05, 0) is 49.7 Å². The predicted molar refractivity (Wildman–Crippen MR) is 84.8 cm³/mol. The Morgan fingerprint density at radius 1 is 1.42 bits per heavy atom. The highest BCUT2D eigenvalue weighted by Gasteiger charge is 2.27. The van der Waals surface area contributed by atoms with E-state index in [0.717, 1.165) is 6.54 Å². The first-order valence-electron chi connectivity index (χ1n) is 7.62. The van der Waals surface area contributed by atoms with Crippen molar-refractivity contribution in [3.8, 4) is 0 Å². The van der Waals surface area contributed by atoms with Crippen LogP contribution in [0.15, 0.2) is 17.5 Å². The van der Waals surface area contributed by atoms with Crippen LogP contribution in [0.5, 0.6) is 0 Å². The number of rotatable bonds is 6. The number of nitrogens with zero attached hydrogens (tertiary/aromatic N) is 1. The van der Waals surface area contributed by atoms with E-state index >= 15 is 0 Å². The SMILES string of the molecule is CCC1(C)CCN(CCNC(C)c2cccs2)CC1. The molecular weight excluding hydrogens is 252 g/mol. The van der Waals surface area contributed by atoms with Gasteiger partial charge < -0.3 is 10.2 Å². The number of nitrogens with one attached hydrogen (secondary N) is 1. The molecule has 1 saturated heterocycles. The average molecular weight is 280 g/mol. The monoisotopic (exact) mass is 280 g/mol. The number of hydrogen-bond donors (Lipinski definition) is 1. The van der Waals surface area contributed by atoms with Crippen molar-refractivity contribution in [1.29, 1.82) is 0 Å². The molecule has 2 heterocycles. The second kappa shape index (κ2) is 6.87. The second-order valence-electron chi connectivity index (χ2n) is 6.20. The van der Waals surface area contributed by atoms with Gasteiger partial charge in [0.15, 0.2) is 0 Å². The molecular formula is C16H28N2S. The third kappa shape index (κ3) is 4.30. The summed E-state index contributed by atoms with van der Waals surface area (Å²) in [6, 6.07) is 4.84. The molecule has 0 aliphatic carbocycles. The van der Waals surface area contributed by atoms with Gasteiger partial charge in [0.05, 0.1) is 0 Å². The summed E-state index contributed by atoms with van der Waals surface area (Å²) in [6.07, 6.45) is 4.06. The first kappa shape index (κ1) is 15.0. The molecule has 1 aliphatic rings. The van der Waals surface area contributed by atoms with Gasteiger partial charge in [-0.2, -0.15) is 0 Å². The largest absolute Gasteiger partial charge is 0.308 e. The molecule has 0 spiro atoms. The molecule has 0 saturated carbocycles. The zero-order chi connectivity index (χ0) is 13.7. The molecule has 19 heavy (non-hydrogen) atoms. The lowest BCUT2D eigenvalue weighted by atomic mass is 9.78. The maximum Gasteiger partial charge on any atom is 0.0386 e. The van der Waals surface area contributed by atoms with Crippen molar-refractivity contribution in [3.63, 3.8) is 0 Å². The van der Waals surface area contributed by atoms with Crippen LogP contribution in [0.4, 0.5) is 0 Å². The first-order valence-corrected chi connectivity index (χ1v) is 8.50. The van der Waals surface area contributed by atoms with Crippen LogP contribution in [0.2, 0.25) is 0 Å². The van der Waals surface area contributed by atoms with Gasteiger partial charge in [0, 0.05) is 24.0 Å². The van der Waals surface area contributed by atoms with Crippen molar-refractivity contribution in [1.82, 2.24) is 10.2 Å². The van der Waals surface area contributed by atoms with E-state index in [1.54, 1.807) is 0 Å². The van der Waals surface area contributed by atoms with Crippen LogP contribution in [0.25, 0.3) is 0 Å². The summed E-state index contributed by atoms with van der Waals surface area (Å²) >= 11 is 1.84. The quantitative estimate of drug-likeness (QED) is 0.850. The molecule has 1 fully saturated rings. The lowest BCUT2D eigenvalue weighted by Gasteiger charge is -2.39. The van der Waals surface area contributed by atoms with Gasteiger partial charge in [0.2, 0.25) is 0 Å². The van der Waals surface area contributed by atoms with E-state index in [9.17, 15) is 0 Å². The molecule has 1 atom stereocenters. The molecule has 3 heteroatoms. The van der Waals surface area contributed by atoms with E-state index < -0.39 is 0 Å². The van der Waals surface area contributed by atoms with Crippen LogP contribution in [-0.2, 0) is 0 Å². The minimum absolute atomic E-state index is 0.491. The molecule has 1 aromatic heterocycles. The molecule has 1 aromatic rings. The van der Waals surface area contributed by atoms with E-state index in [4.69, 9.17) is 0 Å². The van der Waals surface area contributed by atoms with E-state index in [-0.39, 0.29) is 0 Å². The minimum Gasteiger partial charge on any atom is -0.308 e. The Morgan fingerprint density at radius 2 is 2.16 bits per heavy atom. The Labute approximate surface area is 122 Å². The van der Waals surface area contributed by atoms with Crippen LogP contribution in [0.1, 0.15) is 51.0 Å². The van der Waals surface area contributed by atoms with E-state index in [0.29, 0.717) is 11.5 Å². The van der Waals surface area contributed by atoms with Crippen molar-refractivity contribution in [2.75, 3.05) is 26.2 Å². The summed E-state index contributed by atoms with van der Waals surface area (Å²) in [5.74, 6) is 0. The number of thiophene rings is 1. The maximum atomic E-state index is 3.64. The molecule has 108 valence electrons. The summed E-state index contributed by atoms with van der Waals surface area (Å²) in [4.78, 5) is 4.06. The zero-order valence-corrected chi connectivity index (χ0v) is 13.4. The molecule has 0 aromatic carbocycles. The van der Waals surface area contributed by atoms with Gasteiger partial charge in [-0.25, -0.2) is 0 Å². The molecule has 2 rings (SSSR count). The predicted octanol–water partition coefficient (Wildman–Crippen LogP) is 3.91. The van der Waals surface area contributed by atoms with Crippen LogP contribution >= 0.6 is 11.3 Å². The van der Waals surface area contributed by atoms with Gasteiger partial charge in [-0.1, -0.05) is 26.3 Å². The highest BCUT2D eigenvalue weighted by Crippen LogP contribution is 2.33. The third-order valence-electron chi connectivity index (χ3n) is 4.77. The van der Waals surface area contributed by atoms with Gasteiger partial charge in [-0.3, -0.25) is 0 Å². The second-order valence-corrected chi connectivity index (χ2v) is 7.18. The first-order chi connectivity index (χ1) is 9.13. The summed E-state index contributed by atoms with van der Waals surface area (Å²) in [7, 11) is 0. The number of likely N-dealkylation sites (tertiary alicyclic amines) is 1. The summed E-state index contributed by atoms with van der Waals surface area (Å²) in [6.45, 7) is 11.9. The maximum absolute atomic E-state index is 3.64. The van der Waals surface area contributed by atoms with Crippen molar-refractivity contribution >= 4 is 11.3 Å². The molecule has 0 bridgehead atoms. The van der Waals surface area contributed by atoms with Gasteiger partial charge in [0.25, 0.3) is 0 Å². The minimum atomic E-state index is 0.491.